The van der Waals surface area contributed by atoms with Crippen molar-refractivity contribution in [2.45, 2.75) is 78.1 Å². The molecule has 0 nitrogen and oxygen atoms in total. The van der Waals surface area contributed by atoms with Crippen LogP contribution < -0.4 is 0 Å². The molecule has 0 saturated carbocycles. The maximum absolute atomic E-state index is 2.51. The van der Waals surface area contributed by atoms with Crippen molar-refractivity contribution in [2.75, 3.05) is 0 Å². The van der Waals surface area contributed by atoms with Gasteiger partial charge in [0, 0.05) is 21.4 Å². The van der Waals surface area contributed by atoms with Crippen molar-refractivity contribution in [3.63, 3.8) is 0 Å². The maximum Gasteiger partial charge on any atom is 0.0351 e. The Morgan fingerprint density at radius 2 is 1.78 bits per heavy atom. The molecule has 1 aliphatic carbocycles. The lowest BCUT2D eigenvalue weighted by Gasteiger charge is -2.27. The Morgan fingerprint density at radius 3 is 2.39 bits per heavy atom. The number of allylic oxidation sites excluding steroid dienone is 2. The molecule has 124 valence electrons. The fraction of sp³-hybridized carbons (Fsp3) is 0.545. The molecule has 1 aromatic carbocycles. The number of benzene rings is 1. The van der Waals surface area contributed by atoms with Crippen LogP contribution in [0.1, 0.15) is 88.6 Å². The second kappa shape index (κ2) is 6.09. The van der Waals surface area contributed by atoms with Crippen molar-refractivity contribution in [2.24, 2.45) is 0 Å². The van der Waals surface area contributed by atoms with E-state index in [4.69, 9.17) is 0 Å². The van der Waals surface area contributed by atoms with E-state index in [-0.39, 0.29) is 0 Å². The van der Waals surface area contributed by atoms with Gasteiger partial charge in [-0.3, -0.25) is 0 Å². The van der Waals surface area contributed by atoms with Gasteiger partial charge in [0.25, 0.3) is 0 Å². The standard InChI is InChI=1S/C22H30S/c1-7-16-12-14(4)20-18-11-10-17(22(6,8-2)9-3)13-19(18)23-21(20)15(16)5/h10-15H,7-9H2,1-6H3. The van der Waals surface area contributed by atoms with Crippen molar-refractivity contribution in [1.29, 1.82) is 0 Å². The average Bonchev–Trinajstić information content (AvgIpc) is 2.96. The van der Waals surface area contributed by atoms with Crippen molar-refractivity contribution in [3.8, 4) is 0 Å². The Labute approximate surface area is 145 Å². The van der Waals surface area contributed by atoms with E-state index >= 15 is 0 Å². The van der Waals surface area contributed by atoms with Crippen LogP contribution >= 0.6 is 11.3 Å². The topological polar surface area (TPSA) is 0 Å². The van der Waals surface area contributed by atoms with Crippen LogP contribution in [0.25, 0.3) is 10.1 Å². The Kier molecular flexibility index (Phi) is 4.44. The van der Waals surface area contributed by atoms with Gasteiger partial charge in [-0.05, 0) is 47.3 Å². The predicted octanol–water partition coefficient (Wildman–Crippen LogP) is 7.54. The smallest absolute Gasteiger partial charge is 0.0351 e. The highest BCUT2D eigenvalue weighted by molar-refractivity contribution is 7.19. The molecule has 1 aromatic heterocycles. The van der Waals surface area contributed by atoms with Gasteiger partial charge >= 0.3 is 0 Å². The largest absolute Gasteiger partial charge is 0.139 e. The number of hydrogen-bond acceptors (Lipinski definition) is 1. The number of thiophene rings is 1. The quantitative estimate of drug-likeness (QED) is 0.509. The normalized spacial score (nSPS) is 21.4. The van der Waals surface area contributed by atoms with Crippen LogP contribution in [0.2, 0.25) is 0 Å². The van der Waals surface area contributed by atoms with Crippen LogP contribution in [0, 0.1) is 0 Å². The zero-order valence-corrected chi connectivity index (χ0v) is 16.3. The lowest BCUT2D eigenvalue weighted by Crippen LogP contribution is -2.19. The van der Waals surface area contributed by atoms with Gasteiger partial charge in [-0.25, -0.2) is 0 Å². The van der Waals surface area contributed by atoms with E-state index in [0.29, 0.717) is 17.3 Å². The Hall–Kier alpha value is -1.08. The summed E-state index contributed by atoms with van der Waals surface area (Å²) in [6.07, 6.45) is 6.09. The zero-order chi connectivity index (χ0) is 16.8. The van der Waals surface area contributed by atoms with Crippen LogP contribution in [0.3, 0.4) is 0 Å². The summed E-state index contributed by atoms with van der Waals surface area (Å²) in [5.74, 6) is 1.15. The SMILES string of the molecule is CCC1=CC(C)c2c(sc3cc(C(C)(CC)CC)ccc23)C1C. The lowest BCUT2D eigenvalue weighted by atomic mass is 9.77. The van der Waals surface area contributed by atoms with E-state index in [9.17, 15) is 0 Å². The first-order chi connectivity index (χ1) is 10.9. The van der Waals surface area contributed by atoms with E-state index in [1.165, 1.54) is 34.9 Å². The molecule has 0 fully saturated rings. The van der Waals surface area contributed by atoms with Gasteiger partial charge in [0.2, 0.25) is 0 Å². The van der Waals surface area contributed by atoms with E-state index in [1.807, 2.05) is 11.3 Å². The van der Waals surface area contributed by atoms with Gasteiger partial charge in [-0.2, -0.15) is 0 Å². The summed E-state index contributed by atoms with van der Waals surface area (Å²) >= 11 is 2.04. The Bertz CT molecular complexity index is 743. The molecule has 0 radical (unpaired) electrons. The summed E-state index contributed by atoms with van der Waals surface area (Å²) in [7, 11) is 0. The number of rotatable bonds is 4. The van der Waals surface area contributed by atoms with Gasteiger partial charge in [0.05, 0.1) is 0 Å². The Morgan fingerprint density at radius 1 is 1.09 bits per heavy atom. The third kappa shape index (κ3) is 2.58. The molecule has 23 heavy (non-hydrogen) atoms. The van der Waals surface area contributed by atoms with E-state index < -0.39 is 0 Å². The van der Waals surface area contributed by atoms with Gasteiger partial charge in [-0.15, -0.1) is 11.3 Å². The molecule has 0 aliphatic heterocycles. The average molecular weight is 327 g/mol. The zero-order valence-electron chi connectivity index (χ0n) is 15.5. The highest BCUT2D eigenvalue weighted by Crippen LogP contribution is 2.48. The first kappa shape index (κ1) is 16.8. The summed E-state index contributed by atoms with van der Waals surface area (Å²) in [4.78, 5) is 1.61. The minimum atomic E-state index is 0.308. The molecule has 1 heterocycles. The summed E-state index contributed by atoms with van der Waals surface area (Å²) in [5.41, 5.74) is 5.03. The summed E-state index contributed by atoms with van der Waals surface area (Å²) in [6.45, 7) is 14.1. The lowest BCUT2D eigenvalue weighted by molar-refractivity contribution is 0.439. The molecule has 0 bridgehead atoms. The molecule has 2 aromatic rings. The van der Waals surface area contributed by atoms with E-state index in [2.05, 4.69) is 65.8 Å². The molecule has 0 saturated heterocycles. The number of hydrogen-bond donors (Lipinski definition) is 0. The molecule has 2 unspecified atom stereocenters. The molecule has 0 N–H and O–H groups in total. The summed E-state index contributed by atoms with van der Waals surface area (Å²) < 4.78 is 1.49. The minimum absolute atomic E-state index is 0.308. The third-order valence-corrected chi connectivity index (χ3v) is 7.64. The highest BCUT2D eigenvalue weighted by Gasteiger charge is 2.28. The monoisotopic (exact) mass is 326 g/mol. The molecule has 1 aliphatic rings. The minimum Gasteiger partial charge on any atom is -0.139 e. The second-order valence-electron chi connectivity index (χ2n) is 7.46. The number of fused-ring (bicyclic) bond motifs is 3. The van der Waals surface area contributed by atoms with Crippen molar-refractivity contribution in [1.82, 2.24) is 0 Å². The van der Waals surface area contributed by atoms with Gasteiger partial charge in [0.1, 0.15) is 0 Å². The molecular weight excluding hydrogens is 296 g/mol. The second-order valence-corrected chi connectivity index (χ2v) is 8.55. The van der Waals surface area contributed by atoms with Gasteiger partial charge in [-0.1, -0.05) is 65.3 Å². The van der Waals surface area contributed by atoms with E-state index in [1.54, 1.807) is 16.0 Å². The molecule has 0 spiro atoms. The molecule has 3 rings (SSSR count). The van der Waals surface area contributed by atoms with Crippen molar-refractivity contribution in [3.05, 3.63) is 45.9 Å². The summed E-state index contributed by atoms with van der Waals surface area (Å²) in [5, 5.41) is 1.49. The van der Waals surface area contributed by atoms with Crippen molar-refractivity contribution >= 4 is 21.4 Å². The van der Waals surface area contributed by atoms with Gasteiger partial charge < -0.3 is 0 Å². The van der Waals surface area contributed by atoms with E-state index in [0.717, 1.165) is 0 Å². The van der Waals surface area contributed by atoms with Crippen LogP contribution in [0.4, 0.5) is 0 Å². The molecule has 2 atom stereocenters. The van der Waals surface area contributed by atoms with Crippen LogP contribution in [0.5, 0.6) is 0 Å². The fourth-order valence-electron chi connectivity index (χ4n) is 4.10. The highest BCUT2D eigenvalue weighted by atomic mass is 32.1. The maximum atomic E-state index is 2.51. The predicted molar refractivity (Wildman–Crippen MR) is 105 cm³/mol. The molecular formula is C22H30S. The third-order valence-electron chi connectivity index (χ3n) is 6.29. The van der Waals surface area contributed by atoms with Gasteiger partial charge in [0.15, 0.2) is 0 Å². The Balaban J connectivity index is 2.15. The van der Waals surface area contributed by atoms with Crippen LogP contribution in [-0.2, 0) is 5.41 Å². The summed E-state index contributed by atoms with van der Waals surface area (Å²) in [6, 6.07) is 7.27. The fourth-order valence-corrected chi connectivity index (χ4v) is 5.55. The van der Waals surface area contributed by atoms with Crippen LogP contribution in [0.15, 0.2) is 29.8 Å². The van der Waals surface area contributed by atoms with Crippen LogP contribution in [-0.4, -0.2) is 0 Å². The molecule has 1 heteroatoms. The molecule has 0 amide bonds. The first-order valence-corrected chi connectivity index (χ1v) is 10.0. The van der Waals surface area contributed by atoms with Crippen molar-refractivity contribution < 1.29 is 0 Å². The first-order valence-electron chi connectivity index (χ1n) is 9.22.